The Morgan fingerprint density at radius 1 is 1.17 bits per heavy atom. The van der Waals surface area contributed by atoms with Gasteiger partial charge in [-0.2, -0.15) is 0 Å². The van der Waals surface area contributed by atoms with E-state index in [1.807, 2.05) is 12.2 Å². The Morgan fingerprint density at radius 2 is 1.67 bits per heavy atom. The van der Waals surface area contributed by atoms with Gasteiger partial charge in [-0.25, -0.2) is 0 Å². The van der Waals surface area contributed by atoms with Gasteiger partial charge in [-0.3, -0.25) is 0 Å². The highest BCUT2D eigenvalue weighted by atomic mass is 15.0. The van der Waals surface area contributed by atoms with Crippen LogP contribution in [0, 0.1) is 0 Å². The van der Waals surface area contributed by atoms with Gasteiger partial charge in [0, 0.05) is 6.54 Å². The van der Waals surface area contributed by atoms with Crippen molar-refractivity contribution in [2.24, 2.45) is 0 Å². The van der Waals surface area contributed by atoms with E-state index in [4.69, 9.17) is 0 Å². The van der Waals surface area contributed by atoms with Crippen molar-refractivity contribution in [2.45, 2.75) is 12.8 Å². The number of hydrogen-bond donors (Lipinski definition) is 0. The normalized spacial score (nSPS) is 9.58. The lowest BCUT2D eigenvalue weighted by Crippen LogP contribution is -2.11. The second kappa shape index (κ2) is 6.86. The smallest absolute Gasteiger partial charge is 0.0159 e. The molecule has 0 aliphatic carbocycles. The zero-order valence-electron chi connectivity index (χ0n) is 8.21. The molecule has 68 valence electrons. The topological polar surface area (TPSA) is 3.24 Å². The quantitative estimate of drug-likeness (QED) is 0.547. The molecule has 0 radical (unpaired) electrons. The molecule has 0 spiro atoms. The molecule has 12 heavy (non-hydrogen) atoms. The van der Waals surface area contributed by atoms with Crippen LogP contribution >= 0.6 is 0 Å². The predicted octanol–water partition coefficient (Wildman–Crippen LogP) is 2.63. The molecular weight excluding hydrogens is 146 g/mol. The van der Waals surface area contributed by atoms with E-state index < -0.39 is 0 Å². The van der Waals surface area contributed by atoms with Crippen LogP contribution in [0.3, 0.4) is 0 Å². The highest BCUT2D eigenvalue weighted by molar-refractivity contribution is 5.10. The zero-order valence-corrected chi connectivity index (χ0v) is 8.21. The molecule has 1 nitrogen and oxygen atoms in total. The summed E-state index contributed by atoms with van der Waals surface area (Å²) in [4.78, 5) is 2.15. The maximum absolute atomic E-state index is 3.72. The summed E-state index contributed by atoms with van der Waals surface area (Å²) < 4.78 is 0. The minimum Gasteiger partial charge on any atom is -0.306 e. The fourth-order valence-electron chi connectivity index (χ4n) is 0.932. The fourth-order valence-corrected chi connectivity index (χ4v) is 0.932. The van der Waals surface area contributed by atoms with Gasteiger partial charge in [-0.05, 0) is 26.9 Å². The summed E-state index contributed by atoms with van der Waals surface area (Å²) in [5, 5.41) is 0. The average Bonchev–Trinajstić information content (AvgIpc) is 2.01. The Morgan fingerprint density at radius 3 is 2.00 bits per heavy atom. The standard InChI is InChI=1S/C11H19N/c1-5-7-11(8-6-2)9-10-12(3)4/h5-6,9H,1-2,7-8,10H2,3-4H3. The van der Waals surface area contributed by atoms with Crippen LogP contribution in [0.25, 0.3) is 0 Å². The molecule has 0 rings (SSSR count). The SMILES string of the molecule is C=CCC(=CCN(C)C)CC=C. The number of allylic oxidation sites excluding steroid dienone is 3. The minimum atomic E-state index is 0.972. The van der Waals surface area contributed by atoms with Crippen LogP contribution in [-0.2, 0) is 0 Å². The summed E-state index contributed by atoms with van der Waals surface area (Å²) in [6, 6.07) is 0. The molecule has 1 heteroatoms. The van der Waals surface area contributed by atoms with Crippen molar-refractivity contribution in [3.05, 3.63) is 37.0 Å². The van der Waals surface area contributed by atoms with Crippen molar-refractivity contribution in [3.63, 3.8) is 0 Å². The number of likely N-dealkylation sites (N-methyl/N-ethyl adjacent to an activating group) is 1. The summed E-state index contributed by atoms with van der Waals surface area (Å²) in [5.41, 5.74) is 1.40. The number of rotatable bonds is 6. The lowest BCUT2D eigenvalue weighted by atomic mass is 10.1. The Labute approximate surface area is 76.1 Å². The van der Waals surface area contributed by atoms with E-state index in [2.05, 4.69) is 38.2 Å². The van der Waals surface area contributed by atoms with Crippen LogP contribution in [0.2, 0.25) is 0 Å². The van der Waals surface area contributed by atoms with Crippen LogP contribution < -0.4 is 0 Å². The molecule has 0 aromatic heterocycles. The van der Waals surface area contributed by atoms with Crippen LogP contribution in [0.15, 0.2) is 37.0 Å². The van der Waals surface area contributed by atoms with E-state index in [9.17, 15) is 0 Å². The molecule has 0 N–H and O–H groups in total. The van der Waals surface area contributed by atoms with Gasteiger partial charge >= 0.3 is 0 Å². The molecule has 0 saturated heterocycles. The third-order valence-electron chi connectivity index (χ3n) is 1.56. The van der Waals surface area contributed by atoms with Crippen molar-refractivity contribution in [2.75, 3.05) is 20.6 Å². The second-order valence-corrected chi connectivity index (χ2v) is 3.11. The van der Waals surface area contributed by atoms with Crippen LogP contribution in [0.5, 0.6) is 0 Å². The van der Waals surface area contributed by atoms with Gasteiger partial charge in [-0.15, -0.1) is 13.2 Å². The molecule has 0 aliphatic rings. The second-order valence-electron chi connectivity index (χ2n) is 3.11. The maximum Gasteiger partial charge on any atom is 0.0159 e. The summed E-state index contributed by atoms with van der Waals surface area (Å²) in [6.07, 6.45) is 8.05. The van der Waals surface area contributed by atoms with E-state index in [0.29, 0.717) is 0 Å². The van der Waals surface area contributed by atoms with E-state index in [1.54, 1.807) is 0 Å². The summed E-state index contributed by atoms with van der Waals surface area (Å²) in [6.45, 7) is 8.44. The van der Waals surface area contributed by atoms with Crippen LogP contribution in [0.4, 0.5) is 0 Å². The van der Waals surface area contributed by atoms with E-state index in [0.717, 1.165) is 19.4 Å². The lowest BCUT2D eigenvalue weighted by Gasteiger charge is -2.07. The van der Waals surface area contributed by atoms with Crippen molar-refractivity contribution in [1.82, 2.24) is 4.90 Å². The first-order valence-corrected chi connectivity index (χ1v) is 4.25. The molecule has 0 aromatic carbocycles. The molecular formula is C11H19N. The molecule has 0 atom stereocenters. The third kappa shape index (κ3) is 5.93. The predicted molar refractivity (Wildman–Crippen MR) is 56.3 cm³/mol. The van der Waals surface area contributed by atoms with Gasteiger partial charge in [0.2, 0.25) is 0 Å². The Bertz CT molecular complexity index is 154. The highest BCUT2D eigenvalue weighted by Gasteiger charge is 1.91. The molecule has 0 bridgehead atoms. The molecule has 0 unspecified atom stereocenters. The minimum absolute atomic E-state index is 0.972. The van der Waals surface area contributed by atoms with Gasteiger partial charge in [0.15, 0.2) is 0 Å². The van der Waals surface area contributed by atoms with Crippen molar-refractivity contribution >= 4 is 0 Å². The Kier molecular flexibility index (Phi) is 6.39. The lowest BCUT2D eigenvalue weighted by molar-refractivity contribution is 0.455. The van der Waals surface area contributed by atoms with Gasteiger partial charge in [0.05, 0.1) is 0 Å². The maximum atomic E-state index is 3.72. The zero-order chi connectivity index (χ0) is 9.40. The average molecular weight is 165 g/mol. The summed E-state index contributed by atoms with van der Waals surface area (Å²) in [5.74, 6) is 0. The van der Waals surface area contributed by atoms with E-state index in [-0.39, 0.29) is 0 Å². The van der Waals surface area contributed by atoms with Crippen LogP contribution in [-0.4, -0.2) is 25.5 Å². The van der Waals surface area contributed by atoms with Crippen molar-refractivity contribution in [3.8, 4) is 0 Å². The summed E-state index contributed by atoms with van der Waals surface area (Å²) >= 11 is 0. The molecule has 0 saturated carbocycles. The van der Waals surface area contributed by atoms with Crippen LogP contribution in [0.1, 0.15) is 12.8 Å². The van der Waals surface area contributed by atoms with Gasteiger partial charge in [-0.1, -0.05) is 23.8 Å². The van der Waals surface area contributed by atoms with Crippen molar-refractivity contribution < 1.29 is 0 Å². The van der Waals surface area contributed by atoms with Crippen molar-refractivity contribution in [1.29, 1.82) is 0 Å². The Hall–Kier alpha value is -0.820. The largest absolute Gasteiger partial charge is 0.306 e. The van der Waals surface area contributed by atoms with E-state index in [1.165, 1.54) is 5.57 Å². The first kappa shape index (κ1) is 11.2. The number of nitrogens with zero attached hydrogens (tertiary/aromatic N) is 1. The fraction of sp³-hybridized carbons (Fsp3) is 0.455. The van der Waals surface area contributed by atoms with E-state index >= 15 is 0 Å². The molecule has 0 aliphatic heterocycles. The van der Waals surface area contributed by atoms with Gasteiger partial charge in [0.1, 0.15) is 0 Å². The highest BCUT2D eigenvalue weighted by Crippen LogP contribution is 2.07. The molecule has 0 aromatic rings. The third-order valence-corrected chi connectivity index (χ3v) is 1.56. The summed E-state index contributed by atoms with van der Waals surface area (Å²) in [7, 11) is 4.13. The number of hydrogen-bond acceptors (Lipinski definition) is 1. The Balaban J connectivity index is 3.97. The van der Waals surface area contributed by atoms with Gasteiger partial charge in [0.25, 0.3) is 0 Å². The van der Waals surface area contributed by atoms with Gasteiger partial charge < -0.3 is 4.90 Å². The molecule has 0 heterocycles. The molecule has 0 amide bonds. The monoisotopic (exact) mass is 165 g/mol. The molecule has 0 fully saturated rings. The first-order valence-electron chi connectivity index (χ1n) is 4.25. The first-order chi connectivity index (χ1) is 5.70.